The van der Waals surface area contributed by atoms with E-state index in [2.05, 4.69) is 10.1 Å². The molecule has 0 spiro atoms. The number of hydrogen-bond donors (Lipinski definition) is 0. The molecule has 1 aromatic heterocycles. The van der Waals surface area contributed by atoms with E-state index in [0.29, 0.717) is 25.4 Å². The fourth-order valence-corrected chi connectivity index (χ4v) is 1.75. The molecule has 2 aromatic rings. The second-order valence-corrected chi connectivity index (χ2v) is 4.02. The first-order valence-electron chi connectivity index (χ1n) is 5.72. The molecule has 1 unspecified atom stereocenters. The molecule has 1 saturated heterocycles. The van der Waals surface area contributed by atoms with Crippen LogP contribution in [0, 0.1) is 11.6 Å². The van der Waals surface area contributed by atoms with Gasteiger partial charge in [-0.25, -0.2) is 8.78 Å². The molecule has 5 nitrogen and oxygen atoms in total. The minimum Gasteiger partial charge on any atom is -0.376 e. The van der Waals surface area contributed by atoms with Gasteiger partial charge in [-0.3, -0.25) is 0 Å². The van der Waals surface area contributed by atoms with Crippen molar-refractivity contribution in [1.29, 1.82) is 0 Å². The van der Waals surface area contributed by atoms with Gasteiger partial charge in [0.05, 0.1) is 19.8 Å². The van der Waals surface area contributed by atoms with E-state index in [-0.39, 0.29) is 11.7 Å². The third kappa shape index (κ3) is 2.47. The molecular weight excluding hydrogens is 258 g/mol. The van der Waals surface area contributed by atoms with Gasteiger partial charge in [-0.15, -0.1) is 0 Å². The first-order chi connectivity index (χ1) is 9.24. The molecule has 100 valence electrons. The Labute approximate surface area is 107 Å². The number of aromatic nitrogens is 2. The summed E-state index contributed by atoms with van der Waals surface area (Å²) >= 11 is 0. The summed E-state index contributed by atoms with van der Waals surface area (Å²) in [6.07, 6.45) is -0.416. The lowest BCUT2D eigenvalue weighted by Gasteiger charge is -2.19. The van der Waals surface area contributed by atoms with Gasteiger partial charge in [0.15, 0.2) is 17.7 Å². The van der Waals surface area contributed by atoms with Crippen molar-refractivity contribution in [2.24, 2.45) is 0 Å². The summed E-state index contributed by atoms with van der Waals surface area (Å²) in [5, 5.41) is 3.72. The molecule has 0 aliphatic carbocycles. The Kier molecular flexibility index (Phi) is 3.22. The molecule has 1 fully saturated rings. The average molecular weight is 268 g/mol. The number of benzene rings is 1. The van der Waals surface area contributed by atoms with E-state index in [1.165, 1.54) is 6.07 Å². The molecule has 0 amide bonds. The predicted molar refractivity (Wildman–Crippen MR) is 59.2 cm³/mol. The van der Waals surface area contributed by atoms with Gasteiger partial charge in [0.25, 0.3) is 5.89 Å². The monoisotopic (exact) mass is 268 g/mol. The van der Waals surface area contributed by atoms with Crippen molar-refractivity contribution in [3.8, 4) is 11.4 Å². The molecule has 0 N–H and O–H groups in total. The zero-order chi connectivity index (χ0) is 13.2. The SMILES string of the molecule is Fc1ccc(-c2noc(C3COCCO3)n2)cc1F. The van der Waals surface area contributed by atoms with Crippen molar-refractivity contribution in [2.45, 2.75) is 6.10 Å². The smallest absolute Gasteiger partial charge is 0.258 e. The lowest BCUT2D eigenvalue weighted by atomic mass is 10.2. The maximum atomic E-state index is 13.1. The van der Waals surface area contributed by atoms with E-state index < -0.39 is 17.7 Å². The maximum absolute atomic E-state index is 13.1. The number of hydrogen-bond acceptors (Lipinski definition) is 5. The predicted octanol–water partition coefficient (Wildman–Crippen LogP) is 2.10. The highest BCUT2D eigenvalue weighted by Gasteiger charge is 2.23. The summed E-state index contributed by atoms with van der Waals surface area (Å²) in [6.45, 7) is 1.31. The van der Waals surface area contributed by atoms with Crippen LogP contribution in [0.25, 0.3) is 11.4 Å². The van der Waals surface area contributed by atoms with Gasteiger partial charge < -0.3 is 14.0 Å². The van der Waals surface area contributed by atoms with Gasteiger partial charge in [0.1, 0.15) is 0 Å². The molecule has 1 aromatic carbocycles. The second-order valence-electron chi connectivity index (χ2n) is 4.02. The molecule has 1 aliphatic rings. The Morgan fingerprint density at radius 3 is 2.79 bits per heavy atom. The van der Waals surface area contributed by atoms with E-state index >= 15 is 0 Å². The first kappa shape index (κ1) is 12.2. The summed E-state index contributed by atoms with van der Waals surface area (Å²) in [7, 11) is 0. The van der Waals surface area contributed by atoms with Crippen LogP contribution in [0.5, 0.6) is 0 Å². The average Bonchev–Trinajstić information content (AvgIpc) is 2.93. The molecule has 19 heavy (non-hydrogen) atoms. The maximum Gasteiger partial charge on any atom is 0.258 e. The van der Waals surface area contributed by atoms with Crippen molar-refractivity contribution >= 4 is 0 Å². The summed E-state index contributed by atoms with van der Waals surface area (Å²) in [6, 6.07) is 3.41. The standard InChI is InChI=1S/C12H10F2N2O3/c13-8-2-1-7(5-9(8)14)11-15-12(19-16-11)10-6-17-3-4-18-10/h1-2,5,10H,3-4,6H2. The molecule has 2 heterocycles. The fourth-order valence-electron chi connectivity index (χ4n) is 1.75. The van der Waals surface area contributed by atoms with Crippen LogP contribution in [-0.4, -0.2) is 30.0 Å². The second kappa shape index (κ2) is 5.02. The van der Waals surface area contributed by atoms with Crippen molar-refractivity contribution in [3.05, 3.63) is 35.7 Å². The van der Waals surface area contributed by atoms with Crippen LogP contribution < -0.4 is 0 Å². The molecular formula is C12H10F2N2O3. The van der Waals surface area contributed by atoms with Gasteiger partial charge in [0, 0.05) is 5.56 Å². The molecule has 3 rings (SSSR count). The number of nitrogens with zero attached hydrogens (tertiary/aromatic N) is 2. The highest BCUT2D eigenvalue weighted by atomic mass is 19.2. The summed E-state index contributed by atoms with van der Waals surface area (Å²) in [5.74, 6) is -1.43. The number of rotatable bonds is 2. The zero-order valence-corrected chi connectivity index (χ0v) is 9.81. The molecule has 1 aliphatic heterocycles. The van der Waals surface area contributed by atoms with Crippen LogP contribution in [0.2, 0.25) is 0 Å². The van der Waals surface area contributed by atoms with E-state index in [4.69, 9.17) is 14.0 Å². The Hall–Kier alpha value is -1.86. The Bertz CT molecular complexity index is 582. The van der Waals surface area contributed by atoms with Crippen molar-refractivity contribution < 1.29 is 22.8 Å². The Morgan fingerprint density at radius 1 is 1.16 bits per heavy atom. The van der Waals surface area contributed by atoms with Gasteiger partial charge in [-0.05, 0) is 18.2 Å². The molecule has 0 saturated carbocycles. The molecule has 7 heteroatoms. The summed E-state index contributed by atoms with van der Waals surface area (Å²) in [4.78, 5) is 4.10. The van der Waals surface area contributed by atoms with Gasteiger partial charge in [-0.2, -0.15) is 4.98 Å². The van der Waals surface area contributed by atoms with Crippen molar-refractivity contribution in [1.82, 2.24) is 10.1 Å². The lowest BCUT2D eigenvalue weighted by molar-refractivity contribution is -0.101. The van der Waals surface area contributed by atoms with Gasteiger partial charge in [0.2, 0.25) is 5.82 Å². The van der Waals surface area contributed by atoms with E-state index in [0.717, 1.165) is 12.1 Å². The zero-order valence-electron chi connectivity index (χ0n) is 9.81. The van der Waals surface area contributed by atoms with Crippen molar-refractivity contribution in [3.63, 3.8) is 0 Å². The highest BCUT2D eigenvalue weighted by molar-refractivity contribution is 5.54. The number of ether oxygens (including phenoxy) is 2. The summed E-state index contributed by atoms with van der Waals surface area (Å²) < 4.78 is 41.6. The van der Waals surface area contributed by atoms with Crippen LogP contribution in [0.1, 0.15) is 12.0 Å². The molecule has 0 radical (unpaired) electrons. The van der Waals surface area contributed by atoms with Crippen molar-refractivity contribution in [2.75, 3.05) is 19.8 Å². The molecule has 1 atom stereocenters. The van der Waals surface area contributed by atoms with Gasteiger partial charge in [-0.1, -0.05) is 5.16 Å². The minimum atomic E-state index is -0.957. The molecule has 0 bridgehead atoms. The van der Waals surface area contributed by atoms with Crippen LogP contribution in [0.15, 0.2) is 22.7 Å². The number of halogens is 2. The largest absolute Gasteiger partial charge is 0.376 e. The van der Waals surface area contributed by atoms with Crippen LogP contribution >= 0.6 is 0 Å². The van der Waals surface area contributed by atoms with E-state index in [9.17, 15) is 8.78 Å². The van der Waals surface area contributed by atoms with E-state index in [1.807, 2.05) is 0 Å². The summed E-state index contributed by atoms with van der Waals surface area (Å²) in [5.41, 5.74) is 0.339. The van der Waals surface area contributed by atoms with Crippen LogP contribution in [0.3, 0.4) is 0 Å². The Morgan fingerprint density at radius 2 is 2.05 bits per heavy atom. The third-order valence-electron chi connectivity index (χ3n) is 2.71. The Balaban J connectivity index is 1.85. The topological polar surface area (TPSA) is 57.4 Å². The van der Waals surface area contributed by atoms with E-state index in [1.54, 1.807) is 0 Å². The van der Waals surface area contributed by atoms with Crippen LogP contribution in [-0.2, 0) is 9.47 Å². The highest BCUT2D eigenvalue weighted by Crippen LogP contribution is 2.23. The quantitative estimate of drug-likeness (QED) is 0.834. The van der Waals surface area contributed by atoms with Gasteiger partial charge >= 0.3 is 0 Å². The first-order valence-corrected chi connectivity index (χ1v) is 5.72. The minimum absolute atomic E-state index is 0.183. The fraction of sp³-hybridized carbons (Fsp3) is 0.333. The lowest BCUT2D eigenvalue weighted by Crippen LogP contribution is -2.22. The normalized spacial score (nSPS) is 19.6. The van der Waals surface area contributed by atoms with Crippen LogP contribution in [0.4, 0.5) is 8.78 Å². The third-order valence-corrected chi connectivity index (χ3v) is 2.71.